The summed E-state index contributed by atoms with van der Waals surface area (Å²) in [4.78, 5) is 8.08. The molecule has 0 radical (unpaired) electrons. The average molecular weight is 421 g/mol. The van der Waals surface area contributed by atoms with E-state index >= 15 is 0 Å². The van der Waals surface area contributed by atoms with E-state index in [4.69, 9.17) is 9.15 Å². The first-order valence-electron chi connectivity index (χ1n) is 8.94. The van der Waals surface area contributed by atoms with Gasteiger partial charge in [-0.3, -0.25) is 0 Å². The Labute approximate surface area is 169 Å². The molecule has 0 amide bonds. The van der Waals surface area contributed by atoms with Crippen LogP contribution in [0.1, 0.15) is 17.9 Å². The molecule has 0 saturated carbocycles. The molecule has 0 saturated heterocycles. The Morgan fingerprint density at radius 1 is 1.25 bits per heavy atom. The average Bonchev–Trinajstić information content (AvgIpc) is 3.29. The van der Waals surface area contributed by atoms with Gasteiger partial charge in [0.25, 0.3) is 0 Å². The summed E-state index contributed by atoms with van der Waals surface area (Å²) in [6, 6.07) is 10.6. The molecule has 0 bridgehead atoms. The largest absolute Gasteiger partial charge is 0.494 e. The van der Waals surface area contributed by atoms with Crippen LogP contribution in [-0.2, 0) is 16.4 Å². The quantitative estimate of drug-likeness (QED) is 0.487. The molecule has 0 aliphatic carbocycles. The molecule has 2 heterocycles. The summed E-state index contributed by atoms with van der Waals surface area (Å²) in [6.07, 6.45) is 2.01. The molecule has 3 aromatic rings. The number of hydrogen-bond acceptors (Lipinski definition) is 7. The molecule has 6 nitrogen and oxygen atoms in total. The summed E-state index contributed by atoms with van der Waals surface area (Å²) in [5, 5.41) is 2.01. The molecule has 8 heteroatoms. The van der Waals surface area contributed by atoms with Gasteiger partial charge in [-0.2, -0.15) is 0 Å². The molecule has 0 aliphatic heterocycles. The Kier molecular flexibility index (Phi) is 6.53. The molecular formula is C20H24N2O4S2. The SMILES string of the molecule is Cc1oc(-c2cccs2)nc1CN(C)CCCOc1cccc(S(C)(=O)=O)c1. The van der Waals surface area contributed by atoms with Crippen LogP contribution in [0.2, 0.25) is 0 Å². The highest BCUT2D eigenvalue weighted by Crippen LogP contribution is 2.26. The summed E-state index contributed by atoms with van der Waals surface area (Å²) >= 11 is 1.61. The van der Waals surface area contributed by atoms with Crippen molar-refractivity contribution in [1.29, 1.82) is 0 Å². The van der Waals surface area contributed by atoms with Crippen molar-refractivity contribution in [3.8, 4) is 16.5 Å². The van der Waals surface area contributed by atoms with Crippen molar-refractivity contribution in [3.05, 3.63) is 53.2 Å². The van der Waals surface area contributed by atoms with Gasteiger partial charge in [-0.05, 0) is 50.0 Å². The fraction of sp³-hybridized carbons (Fsp3) is 0.350. The van der Waals surface area contributed by atoms with E-state index in [1.54, 1.807) is 35.6 Å². The monoisotopic (exact) mass is 420 g/mol. The van der Waals surface area contributed by atoms with Gasteiger partial charge in [0.05, 0.1) is 22.1 Å². The number of hydrogen-bond donors (Lipinski definition) is 0. The Hall–Kier alpha value is -2.16. The summed E-state index contributed by atoms with van der Waals surface area (Å²) in [7, 11) is -1.19. The summed E-state index contributed by atoms with van der Waals surface area (Å²) in [5.41, 5.74) is 0.938. The van der Waals surface area contributed by atoms with Gasteiger partial charge < -0.3 is 14.1 Å². The Bertz CT molecular complexity index is 1010. The highest BCUT2D eigenvalue weighted by atomic mass is 32.2. The third-order valence-corrected chi connectivity index (χ3v) is 6.20. The number of thiophene rings is 1. The van der Waals surface area contributed by atoms with Crippen molar-refractivity contribution in [2.24, 2.45) is 0 Å². The predicted octanol–water partition coefficient (Wildman–Crippen LogP) is 4.02. The fourth-order valence-corrected chi connectivity index (χ4v) is 4.04. The number of benzene rings is 1. The van der Waals surface area contributed by atoms with Crippen LogP contribution >= 0.6 is 11.3 Å². The second-order valence-electron chi connectivity index (χ2n) is 6.69. The molecule has 28 heavy (non-hydrogen) atoms. The zero-order chi connectivity index (χ0) is 20.1. The van der Waals surface area contributed by atoms with E-state index in [1.165, 1.54) is 6.26 Å². The summed E-state index contributed by atoms with van der Waals surface area (Å²) in [6.45, 7) is 3.97. The first-order valence-corrected chi connectivity index (χ1v) is 11.7. The maximum Gasteiger partial charge on any atom is 0.236 e. The second kappa shape index (κ2) is 8.89. The normalized spacial score (nSPS) is 11.9. The van der Waals surface area contributed by atoms with E-state index in [2.05, 4.69) is 9.88 Å². The standard InChI is InChI=1S/C20H24N2O4S2/c1-15-18(21-20(26-15)19-9-5-12-27-19)14-22(2)10-6-11-25-16-7-4-8-17(13-16)28(3,23)24/h4-5,7-9,12-13H,6,10-11,14H2,1-3H3. The van der Waals surface area contributed by atoms with Gasteiger partial charge in [-0.15, -0.1) is 11.3 Å². The van der Waals surface area contributed by atoms with Crippen LogP contribution in [0.25, 0.3) is 10.8 Å². The smallest absolute Gasteiger partial charge is 0.236 e. The van der Waals surface area contributed by atoms with Crippen molar-refractivity contribution in [2.45, 2.75) is 24.8 Å². The number of aryl methyl sites for hydroxylation is 1. The number of aromatic nitrogens is 1. The summed E-state index contributed by atoms with van der Waals surface area (Å²) < 4.78 is 34.7. The topological polar surface area (TPSA) is 72.6 Å². The van der Waals surface area contributed by atoms with Gasteiger partial charge in [0.15, 0.2) is 9.84 Å². The maximum absolute atomic E-state index is 11.6. The van der Waals surface area contributed by atoms with Gasteiger partial charge >= 0.3 is 0 Å². The van der Waals surface area contributed by atoms with Crippen LogP contribution in [0.3, 0.4) is 0 Å². The Morgan fingerprint density at radius 2 is 2.07 bits per heavy atom. The number of oxazole rings is 1. The van der Waals surface area contributed by atoms with Crippen molar-refractivity contribution in [3.63, 3.8) is 0 Å². The first-order chi connectivity index (χ1) is 13.3. The van der Waals surface area contributed by atoms with E-state index in [0.717, 1.165) is 29.3 Å². The maximum atomic E-state index is 11.6. The molecule has 150 valence electrons. The van der Waals surface area contributed by atoms with Crippen molar-refractivity contribution in [1.82, 2.24) is 9.88 Å². The van der Waals surface area contributed by atoms with Crippen LogP contribution < -0.4 is 4.74 Å². The van der Waals surface area contributed by atoms with Crippen LogP contribution in [0.4, 0.5) is 0 Å². The minimum absolute atomic E-state index is 0.269. The first kappa shape index (κ1) is 20.6. The number of ether oxygens (including phenoxy) is 1. The van der Waals surface area contributed by atoms with E-state index < -0.39 is 9.84 Å². The Balaban J connectivity index is 1.47. The molecule has 0 spiro atoms. The molecule has 0 N–H and O–H groups in total. The third kappa shape index (κ3) is 5.43. The van der Waals surface area contributed by atoms with Gasteiger partial charge in [0.1, 0.15) is 11.5 Å². The zero-order valence-electron chi connectivity index (χ0n) is 16.2. The van der Waals surface area contributed by atoms with Crippen LogP contribution in [0.15, 0.2) is 51.1 Å². The van der Waals surface area contributed by atoms with Crippen LogP contribution in [0, 0.1) is 6.92 Å². The number of rotatable bonds is 9. The van der Waals surface area contributed by atoms with E-state index in [1.807, 2.05) is 31.5 Å². The third-order valence-electron chi connectivity index (χ3n) is 4.23. The van der Waals surface area contributed by atoms with Crippen molar-refractivity contribution < 1.29 is 17.6 Å². The Morgan fingerprint density at radius 3 is 2.79 bits per heavy atom. The lowest BCUT2D eigenvalue weighted by molar-refractivity contribution is 0.256. The molecule has 1 aromatic carbocycles. The van der Waals surface area contributed by atoms with Gasteiger partial charge in [0.2, 0.25) is 5.89 Å². The second-order valence-corrected chi connectivity index (χ2v) is 9.65. The van der Waals surface area contributed by atoms with E-state index in [-0.39, 0.29) is 4.90 Å². The molecule has 0 unspecified atom stereocenters. The lowest BCUT2D eigenvalue weighted by Gasteiger charge is -2.15. The molecular weight excluding hydrogens is 396 g/mol. The van der Waals surface area contributed by atoms with Gasteiger partial charge in [-0.1, -0.05) is 12.1 Å². The molecule has 3 rings (SSSR count). The zero-order valence-corrected chi connectivity index (χ0v) is 17.8. The van der Waals surface area contributed by atoms with E-state index in [0.29, 0.717) is 24.8 Å². The van der Waals surface area contributed by atoms with Gasteiger partial charge in [0, 0.05) is 19.3 Å². The van der Waals surface area contributed by atoms with Gasteiger partial charge in [-0.25, -0.2) is 13.4 Å². The van der Waals surface area contributed by atoms with Crippen LogP contribution in [-0.4, -0.2) is 44.8 Å². The van der Waals surface area contributed by atoms with Crippen molar-refractivity contribution in [2.75, 3.05) is 26.5 Å². The fourth-order valence-electron chi connectivity index (χ4n) is 2.73. The molecule has 0 atom stereocenters. The minimum Gasteiger partial charge on any atom is -0.494 e. The lowest BCUT2D eigenvalue weighted by Crippen LogP contribution is -2.21. The summed E-state index contributed by atoms with van der Waals surface area (Å²) in [5.74, 6) is 2.08. The predicted molar refractivity (Wildman–Crippen MR) is 111 cm³/mol. The highest BCUT2D eigenvalue weighted by molar-refractivity contribution is 7.90. The highest BCUT2D eigenvalue weighted by Gasteiger charge is 2.14. The molecule has 0 fully saturated rings. The van der Waals surface area contributed by atoms with Crippen LogP contribution in [0.5, 0.6) is 5.75 Å². The van der Waals surface area contributed by atoms with E-state index in [9.17, 15) is 8.42 Å². The number of sulfone groups is 1. The minimum atomic E-state index is -3.23. The lowest BCUT2D eigenvalue weighted by atomic mass is 10.3. The molecule has 0 aliphatic rings. The molecule has 2 aromatic heterocycles. The number of nitrogens with zero attached hydrogens (tertiary/aromatic N) is 2. The van der Waals surface area contributed by atoms with Crippen molar-refractivity contribution >= 4 is 21.2 Å².